The molecule has 6 heteroatoms. The maximum absolute atomic E-state index is 10.1. The van der Waals surface area contributed by atoms with Crippen LogP contribution in [0.25, 0.3) is 0 Å². The maximum atomic E-state index is 10.1. The number of hydrogen-bond acceptors (Lipinski definition) is 6. The summed E-state index contributed by atoms with van der Waals surface area (Å²) in [6, 6.07) is 3.67. The van der Waals surface area contributed by atoms with Crippen molar-refractivity contribution in [2.75, 3.05) is 47.0 Å². The molecule has 0 radical (unpaired) electrons. The first-order valence-corrected chi connectivity index (χ1v) is 7.95. The summed E-state index contributed by atoms with van der Waals surface area (Å²) in [6.07, 6.45) is 0. The van der Waals surface area contributed by atoms with E-state index < -0.39 is 0 Å². The number of benzene rings is 1. The minimum Gasteiger partial charge on any atom is -0.502 e. The van der Waals surface area contributed by atoms with E-state index >= 15 is 0 Å². The smallest absolute Gasteiger partial charge is 0.200 e. The number of hydrogen-bond donors (Lipinski definition) is 3. The highest BCUT2D eigenvalue weighted by atomic mass is 16.5. The zero-order valence-electron chi connectivity index (χ0n) is 14.4. The molecular weight excluding hydrogens is 296 g/mol. The van der Waals surface area contributed by atoms with Gasteiger partial charge >= 0.3 is 0 Å². The Hall–Kier alpha value is -1.50. The van der Waals surface area contributed by atoms with E-state index in [1.165, 1.54) is 14.2 Å². The molecule has 1 aliphatic heterocycles. The molecule has 1 fully saturated rings. The number of aromatic hydroxyl groups is 1. The Balaban J connectivity index is 2.50. The Morgan fingerprint density at radius 2 is 1.70 bits per heavy atom. The first-order valence-electron chi connectivity index (χ1n) is 7.95. The molecule has 0 amide bonds. The third-order valence-electron chi connectivity index (χ3n) is 4.48. The lowest BCUT2D eigenvalue weighted by atomic mass is 9.79. The topological polar surface area (TPSA) is 74.2 Å². The predicted octanol–water partition coefficient (Wildman–Crippen LogP) is 1.37. The molecule has 0 aliphatic carbocycles. The monoisotopic (exact) mass is 324 g/mol. The van der Waals surface area contributed by atoms with Crippen molar-refractivity contribution in [3.05, 3.63) is 17.7 Å². The van der Waals surface area contributed by atoms with Crippen LogP contribution in [-0.2, 0) is 0 Å². The molecule has 1 saturated heterocycles. The molecule has 1 atom stereocenters. The molecular formula is C17H28N2O4. The van der Waals surface area contributed by atoms with Crippen molar-refractivity contribution in [3.8, 4) is 17.2 Å². The van der Waals surface area contributed by atoms with Crippen LogP contribution < -0.4 is 14.8 Å². The summed E-state index contributed by atoms with van der Waals surface area (Å²) in [7, 11) is 3.05. The summed E-state index contributed by atoms with van der Waals surface area (Å²) in [5, 5.41) is 23.4. The molecule has 1 aliphatic rings. The number of ether oxygens (including phenoxy) is 2. The minimum absolute atomic E-state index is 0.000356. The normalized spacial score (nSPS) is 17.8. The largest absolute Gasteiger partial charge is 0.502 e. The Morgan fingerprint density at radius 1 is 1.17 bits per heavy atom. The molecule has 2 rings (SSSR count). The van der Waals surface area contributed by atoms with Crippen molar-refractivity contribution in [2.45, 2.75) is 19.9 Å². The molecule has 6 nitrogen and oxygen atoms in total. The van der Waals surface area contributed by atoms with Crippen molar-refractivity contribution in [2.24, 2.45) is 5.41 Å². The molecule has 1 aromatic carbocycles. The van der Waals surface area contributed by atoms with Crippen LogP contribution in [0.5, 0.6) is 17.2 Å². The van der Waals surface area contributed by atoms with Gasteiger partial charge in [-0.15, -0.1) is 0 Å². The van der Waals surface area contributed by atoms with Crippen LogP contribution in [0.3, 0.4) is 0 Å². The number of nitrogens with one attached hydrogen (secondary N) is 1. The number of nitrogens with zero attached hydrogens (tertiary/aromatic N) is 1. The third-order valence-corrected chi connectivity index (χ3v) is 4.48. The van der Waals surface area contributed by atoms with Gasteiger partial charge in [-0.3, -0.25) is 4.90 Å². The molecule has 130 valence electrons. The van der Waals surface area contributed by atoms with Crippen LogP contribution >= 0.6 is 0 Å². The minimum atomic E-state index is -0.343. The molecule has 0 spiro atoms. The van der Waals surface area contributed by atoms with Gasteiger partial charge in [-0.05, 0) is 17.7 Å². The van der Waals surface area contributed by atoms with Gasteiger partial charge in [0.1, 0.15) is 0 Å². The second-order valence-corrected chi connectivity index (χ2v) is 6.61. The van der Waals surface area contributed by atoms with Gasteiger partial charge < -0.3 is 25.0 Å². The highest BCUT2D eigenvalue weighted by Crippen LogP contribution is 2.44. The summed E-state index contributed by atoms with van der Waals surface area (Å²) in [4.78, 5) is 2.36. The number of rotatable bonds is 6. The van der Waals surface area contributed by atoms with Crippen LogP contribution in [0.1, 0.15) is 25.5 Å². The zero-order valence-corrected chi connectivity index (χ0v) is 14.4. The van der Waals surface area contributed by atoms with E-state index in [0.29, 0.717) is 11.5 Å². The van der Waals surface area contributed by atoms with E-state index in [2.05, 4.69) is 10.2 Å². The van der Waals surface area contributed by atoms with E-state index in [0.717, 1.165) is 31.7 Å². The highest BCUT2D eigenvalue weighted by Gasteiger charge is 2.36. The quantitative estimate of drug-likeness (QED) is 0.734. The Morgan fingerprint density at radius 3 is 2.13 bits per heavy atom. The third kappa shape index (κ3) is 3.71. The maximum Gasteiger partial charge on any atom is 0.200 e. The fraction of sp³-hybridized carbons (Fsp3) is 0.647. The van der Waals surface area contributed by atoms with Gasteiger partial charge in [0.25, 0.3) is 0 Å². The second-order valence-electron chi connectivity index (χ2n) is 6.61. The lowest BCUT2D eigenvalue weighted by molar-refractivity contribution is 0.0303. The van der Waals surface area contributed by atoms with Crippen LogP contribution in [-0.4, -0.2) is 62.1 Å². The van der Waals surface area contributed by atoms with Gasteiger partial charge in [-0.2, -0.15) is 0 Å². The summed E-state index contributed by atoms with van der Waals surface area (Å²) in [5.74, 6) is 0.765. The van der Waals surface area contributed by atoms with Crippen LogP contribution in [0.15, 0.2) is 12.1 Å². The lowest BCUT2D eigenvalue weighted by Gasteiger charge is -2.43. The summed E-state index contributed by atoms with van der Waals surface area (Å²) in [6.45, 7) is 7.80. The number of aliphatic hydroxyl groups excluding tert-OH is 1. The van der Waals surface area contributed by atoms with Gasteiger partial charge in [-0.25, -0.2) is 0 Å². The number of methoxy groups -OCH3 is 2. The van der Waals surface area contributed by atoms with Gasteiger partial charge in [0, 0.05) is 44.2 Å². The SMILES string of the molecule is COc1cc([C@H](N2CCNCC2)C(C)(C)CO)cc(OC)c1O. The average Bonchev–Trinajstić information content (AvgIpc) is 2.57. The van der Waals surface area contributed by atoms with Crippen LogP contribution in [0, 0.1) is 5.41 Å². The molecule has 0 saturated carbocycles. The first-order chi connectivity index (χ1) is 10.9. The number of phenols is 1. The molecule has 1 aromatic rings. The molecule has 0 unspecified atom stereocenters. The Kier molecular flexibility index (Phi) is 5.73. The van der Waals surface area contributed by atoms with E-state index in [-0.39, 0.29) is 23.8 Å². The van der Waals surface area contributed by atoms with Gasteiger partial charge in [0.2, 0.25) is 5.75 Å². The van der Waals surface area contributed by atoms with Crippen molar-refractivity contribution in [1.82, 2.24) is 10.2 Å². The zero-order chi connectivity index (χ0) is 17.0. The molecule has 0 bridgehead atoms. The highest BCUT2D eigenvalue weighted by molar-refractivity contribution is 5.53. The summed E-state index contributed by atoms with van der Waals surface area (Å²) in [5.41, 5.74) is 0.627. The fourth-order valence-electron chi connectivity index (χ4n) is 3.25. The van der Waals surface area contributed by atoms with Gasteiger partial charge in [0.15, 0.2) is 11.5 Å². The standard InChI is InChI=1S/C17H28N2O4/c1-17(2,11-20)16(19-7-5-18-6-8-19)12-9-13(22-3)15(21)14(10-12)23-4/h9-10,16,18,20-21H,5-8,11H2,1-4H3/t16-/m0/s1. The van der Waals surface area contributed by atoms with E-state index in [9.17, 15) is 10.2 Å². The lowest BCUT2D eigenvalue weighted by Crippen LogP contribution is -2.49. The van der Waals surface area contributed by atoms with Crippen molar-refractivity contribution >= 4 is 0 Å². The van der Waals surface area contributed by atoms with Crippen molar-refractivity contribution in [1.29, 1.82) is 0 Å². The van der Waals surface area contributed by atoms with E-state index in [1.807, 2.05) is 26.0 Å². The van der Waals surface area contributed by atoms with Crippen molar-refractivity contribution in [3.63, 3.8) is 0 Å². The number of phenolic OH excluding ortho intramolecular Hbond substituents is 1. The number of piperazine rings is 1. The summed E-state index contributed by atoms with van der Waals surface area (Å²) < 4.78 is 10.6. The molecule has 0 aromatic heterocycles. The van der Waals surface area contributed by atoms with Gasteiger partial charge in [-0.1, -0.05) is 13.8 Å². The molecule has 23 heavy (non-hydrogen) atoms. The van der Waals surface area contributed by atoms with Gasteiger partial charge in [0.05, 0.1) is 14.2 Å². The van der Waals surface area contributed by atoms with E-state index in [4.69, 9.17) is 9.47 Å². The summed E-state index contributed by atoms with van der Waals surface area (Å²) >= 11 is 0. The Labute approximate surface area is 138 Å². The fourth-order valence-corrected chi connectivity index (χ4v) is 3.25. The molecule has 1 heterocycles. The van der Waals surface area contributed by atoms with E-state index in [1.54, 1.807) is 0 Å². The predicted molar refractivity (Wildman–Crippen MR) is 89.3 cm³/mol. The Bertz CT molecular complexity index is 502. The van der Waals surface area contributed by atoms with Crippen LogP contribution in [0.2, 0.25) is 0 Å². The second kappa shape index (κ2) is 7.38. The van der Waals surface area contributed by atoms with Crippen LogP contribution in [0.4, 0.5) is 0 Å². The average molecular weight is 324 g/mol. The first kappa shape index (κ1) is 17.8. The molecule has 3 N–H and O–H groups in total. The van der Waals surface area contributed by atoms with Crippen molar-refractivity contribution < 1.29 is 19.7 Å². The number of aliphatic hydroxyl groups is 1.